The van der Waals surface area contributed by atoms with Crippen molar-refractivity contribution < 1.29 is 0 Å². The molecule has 1 aliphatic rings. The van der Waals surface area contributed by atoms with E-state index in [0.29, 0.717) is 5.92 Å². The summed E-state index contributed by atoms with van der Waals surface area (Å²) in [6.45, 7) is 2.71. The summed E-state index contributed by atoms with van der Waals surface area (Å²) in [5, 5.41) is 0. The van der Waals surface area contributed by atoms with Crippen molar-refractivity contribution in [3.8, 4) is 11.8 Å². The first-order chi connectivity index (χ1) is 7.90. The standard InChI is InChI=1S/C15H15N/c1-2-16-12-13-8-10-15(11-9-13)14-6-4-3-5-7-14/h2-4,8-11,14H,6,12H2,1H3/b16-2+. The van der Waals surface area contributed by atoms with Crippen LogP contribution in [0, 0.1) is 11.8 Å². The number of allylic oxidation sites excluding steroid dienone is 2. The minimum absolute atomic E-state index is 0.369. The van der Waals surface area contributed by atoms with Crippen molar-refractivity contribution in [2.45, 2.75) is 25.8 Å². The molecular formula is C15H15N. The van der Waals surface area contributed by atoms with E-state index in [1.54, 1.807) is 0 Å². The molecule has 16 heavy (non-hydrogen) atoms. The van der Waals surface area contributed by atoms with Crippen LogP contribution in [0.1, 0.15) is 30.4 Å². The van der Waals surface area contributed by atoms with Gasteiger partial charge in [0.2, 0.25) is 0 Å². The third kappa shape index (κ3) is 2.61. The Bertz CT molecular complexity index is 454. The van der Waals surface area contributed by atoms with E-state index in [2.05, 4.69) is 47.2 Å². The number of benzene rings is 1. The second-order valence-corrected chi connectivity index (χ2v) is 3.82. The highest BCUT2D eigenvalue weighted by atomic mass is 14.7. The molecule has 0 saturated carbocycles. The summed E-state index contributed by atoms with van der Waals surface area (Å²) in [6.07, 6.45) is 6.93. The van der Waals surface area contributed by atoms with Gasteiger partial charge in [-0.15, -0.1) is 0 Å². The molecule has 80 valence electrons. The van der Waals surface area contributed by atoms with Gasteiger partial charge in [-0.25, -0.2) is 0 Å². The lowest BCUT2D eigenvalue weighted by molar-refractivity contribution is 0.884. The zero-order valence-electron chi connectivity index (χ0n) is 9.48. The fourth-order valence-electron chi connectivity index (χ4n) is 1.74. The van der Waals surface area contributed by atoms with Crippen LogP contribution in [0.2, 0.25) is 0 Å². The average Bonchev–Trinajstić information content (AvgIpc) is 2.38. The first-order valence-electron chi connectivity index (χ1n) is 5.59. The predicted molar refractivity (Wildman–Crippen MR) is 68.6 cm³/mol. The zero-order valence-corrected chi connectivity index (χ0v) is 9.48. The van der Waals surface area contributed by atoms with Crippen LogP contribution in [0.3, 0.4) is 0 Å². The van der Waals surface area contributed by atoms with Gasteiger partial charge in [0.25, 0.3) is 0 Å². The van der Waals surface area contributed by atoms with Crippen LogP contribution in [0.15, 0.2) is 41.4 Å². The molecule has 2 rings (SSSR count). The second kappa shape index (κ2) is 5.32. The minimum Gasteiger partial charge on any atom is -0.293 e. The molecule has 0 radical (unpaired) electrons. The molecule has 1 atom stereocenters. The van der Waals surface area contributed by atoms with Gasteiger partial charge < -0.3 is 0 Å². The predicted octanol–water partition coefficient (Wildman–Crippen LogP) is 3.32. The number of nitrogens with zero attached hydrogens (tertiary/aromatic N) is 1. The largest absolute Gasteiger partial charge is 0.293 e. The minimum atomic E-state index is 0.369. The normalized spacial score (nSPS) is 18.4. The van der Waals surface area contributed by atoms with Crippen LogP contribution in [0.5, 0.6) is 0 Å². The molecule has 1 nitrogen and oxygen atoms in total. The Hall–Kier alpha value is -1.81. The average molecular weight is 209 g/mol. The lowest BCUT2D eigenvalue weighted by Crippen LogP contribution is -1.96. The number of aliphatic imine (C=N–C) groups is 1. The molecule has 1 aliphatic carbocycles. The summed E-state index contributed by atoms with van der Waals surface area (Å²) < 4.78 is 0. The van der Waals surface area contributed by atoms with E-state index in [0.717, 1.165) is 13.0 Å². The molecular weight excluding hydrogens is 194 g/mol. The van der Waals surface area contributed by atoms with E-state index in [4.69, 9.17) is 0 Å². The topological polar surface area (TPSA) is 12.4 Å². The van der Waals surface area contributed by atoms with E-state index < -0.39 is 0 Å². The first-order valence-corrected chi connectivity index (χ1v) is 5.59. The molecule has 0 fully saturated rings. The van der Waals surface area contributed by atoms with Gasteiger partial charge in [-0.1, -0.05) is 42.2 Å². The number of hydrogen-bond acceptors (Lipinski definition) is 1. The molecule has 0 N–H and O–H groups in total. The molecule has 0 heterocycles. The van der Waals surface area contributed by atoms with Gasteiger partial charge in [-0.3, -0.25) is 4.99 Å². The number of hydrogen-bond donors (Lipinski definition) is 0. The van der Waals surface area contributed by atoms with Crippen molar-refractivity contribution >= 4 is 6.21 Å². The maximum atomic E-state index is 4.22. The van der Waals surface area contributed by atoms with Gasteiger partial charge >= 0.3 is 0 Å². The van der Waals surface area contributed by atoms with Crippen molar-refractivity contribution in [2.75, 3.05) is 0 Å². The van der Waals surface area contributed by atoms with E-state index in [9.17, 15) is 0 Å². The Morgan fingerprint density at radius 1 is 1.38 bits per heavy atom. The summed E-state index contributed by atoms with van der Waals surface area (Å²) in [6, 6.07) is 8.61. The SMILES string of the molecule is C/C=N/Cc1ccc(C2C#CC=CC2)cc1. The Kier molecular flexibility index (Phi) is 3.56. The van der Waals surface area contributed by atoms with Crippen molar-refractivity contribution in [1.82, 2.24) is 0 Å². The van der Waals surface area contributed by atoms with Crippen LogP contribution in [-0.2, 0) is 6.54 Å². The lowest BCUT2D eigenvalue weighted by Gasteiger charge is -2.10. The highest BCUT2D eigenvalue weighted by molar-refractivity contribution is 5.53. The van der Waals surface area contributed by atoms with Crippen molar-refractivity contribution in [2.24, 2.45) is 4.99 Å². The second-order valence-electron chi connectivity index (χ2n) is 3.82. The van der Waals surface area contributed by atoms with E-state index in [1.165, 1.54) is 11.1 Å². The third-order valence-electron chi connectivity index (χ3n) is 2.67. The summed E-state index contributed by atoms with van der Waals surface area (Å²) in [5.74, 6) is 6.63. The Balaban J connectivity index is 2.09. The summed E-state index contributed by atoms with van der Waals surface area (Å²) in [5.41, 5.74) is 2.56. The molecule has 0 aliphatic heterocycles. The Morgan fingerprint density at radius 3 is 2.81 bits per heavy atom. The van der Waals surface area contributed by atoms with Gasteiger partial charge in [0.05, 0.1) is 6.54 Å². The van der Waals surface area contributed by atoms with Crippen LogP contribution < -0.4 is 0 Å². The quantitative estimate of drug-likeness (QED) is 0.535. The van der Waals surface area contributed by atoms with Crippen molar-refractivity contribution in [3.63, 3.8) is 0 Å². The lowest BCUT2D eigenvalue weighted by atomic mass is 9.93. The Morgan fingerprint density at radius 2 is 2.19 bits per heavy atom. The molecule has 0 aromatic heterocycles. The van der Waals surface area contributed by atoms with Crippen LogP contribution in [-0.4, -0.2) is 6.21 Å². The third-order valence-corrected chi connectivity index (χ3v) is 2.67. The van der Waals surface area contributed by atoms with Gasteiger partial charge in [0.1, 0.15) is 0 Å². The highest BCUT2D eigenvalue weighted by Gasteiger charge is 2.07. The zero-order chi connectivity index (χ0) is 11.2. The maximum absolute atomic E-state index is 4.22. The maximum Gasteiger partial charge on any atom is 0.0635 e. The van der Waals surface area contributed by atoms with E-state index in [1.807, 2.05) is 19.2 Å². The van der Waals surface area contributed by atoms with Gasteiger partial charge in [-0.05, 0) is 36.8 Å². The van der Waals surface area contributed by atoms with Crippen LogP contribution in [0.25, 0.3) is 0 Å². The van der Waals surface area contributed by atoms with Crippen LogP contribution in [0.4, 0.5) is 0 Å². The van der Waals surface area contributed by atoms with Gasteiger partial charge in [0, 0.05) is 5.92 Å². The molecule has 0 spiro atoms. The molecule has 1 aromatic rings. The molecule has 0 amide bonds. The van der Waals surface area contributed by atoms with Crippen molar-refractivity contribution in [3.05, 3.63) is 47.5 Å². The smallest absolute Gasteiger partial charge is 0.0635 e. The fraction of sp³-hybridized carbons (Fsp3) is 0.267. The summed E-state index contributed by atoms with van der Waals surface area (Å²) in [4.78, 5) is 4.22. The molecule has 1 heteroatoms. The summed E-state index contributed by atoms with van der Waals surface area (Å²) in [7, 11) is 0. The fourth-order valence-corrected chi connectivity index (χ4v) is 1.74. The Labute approximate surface area is 96.9 Å². The molecule has 0 saturated heterocycles. The monoisotopic (exact) mass is 209 g/mol. The molecule has 0 bridgehead atoms. The summed E-state index contributed by atoms with van der Waals surface area (Å²) >= 11 is 0. The number of rotatable bonds is 3. The van der Waals surface area contributed by atoms with Gasteiger partial charge in [-0.2, -0.15) is 0 Å². The van der Waals surface area contributed by atoms with E-state index >= 15 is 0 Å². The molecule has 1 unspecified atom stereocenters. The first kappa shape index (κ1) is 10.7. The highest BCUT2D eigenvalue weighted by Crippen LogP contribution is 2.21. The molecule has 1 aromatic carbocycles. The van der Waals surface area contributed by atoms with E-state index in [-0.39, 0.29) is 0 Å². The van der Waals surface area contributed by atoms with Gasteiger partial charge in [0.15, 0.2) is 0 Å². The van der Waals surface area contributed by atoms with Crippen LogP contribution >= 0.6 is 0 Å². The van der Waals surface area contributed by atoms with Crippen molar-refractivity contribution in [1.29, 1.82) is 0 Å².